The van der Waals surface area contributed by atoms with Crippen LogP contribution >= 0.6 is 0 Å². The van der Waals surface area contributed by atoms with Gasteiger partial charge in [-0.3, -0.25) is 10.7 Å². The number of ether oxygens (including phenoxy) is 1. The summed E-state index contributed by atoms with van der Waals surface area (Å²) in [5, 5.41) is 8.90. The molecule has 0 bridgehead atoms. The lowest BCUT2D eigenvalue weighted by Crippen LogP contribution is -2.44. The first-order chi connectivity index (χ1) is 8.24. The van der Waals surface area contributed by atoms with Crippen molar-refractivity contribution in [2.24, 2.45) is 0 Å². The molecule has 2 heterocycles. The Balaban J connectivity index is 2.16. The monoisotopic (exact) mass is 238 g/mol. The van der Waals surface area contributed by atoms with Gasteiger partial charge in [0.25, 0.3) is 0 Å². The Morgan fingerprint density at radius 2 is 2.06 bits per heavy atom. The number of likely N-dealkylation sites (N-methyl/N-ethyl adjacent to an activating group) is 1. The summed E-state index contributed by atoms with van der Waals surface area (Å²) in [5.41, 5.74) is 2.55. The first kappa shape index (κ1) is 11.9. The van der Waals surface area contributed by atoms with Gasteiger partial charge in [-0.15, -0.1) is 0 Å². The molecule has 0 aliphatic carbocycles. The van der Waals surface area contributed by atoms with Crippen LogP contribution in [-0.4, -0.2) is 55.4 Å². The molecule has 1 fully saturated rings. The van der Waals surface area contributed by atoms with Gasteiger partial charge >= 0.3 is 0 Å². The molecule has 0 atom stereocenters. The van der Waals surface area contributed by atoms with E-state index >= 15 is 0 Å². The highest BCUT2D eigenvalue weighted by Crippen LogP contribution is 2.27. The Kier molecular flexibility index (Phi) is 3.65. The second kappa shape index (κ2) is 5.20. The van der Waals surface area contributed by atoms with E-state index in [1.165, 1.54) is 0 Å². The first-order valence-electron chi connectivity index (χ1n) is 5.62. The molecule has 6 heteroatoms. The lowest BCUT2D eigenvalue weighted by molar-refractivity contribution is 0.311. The normalized spacial score (nSPS) is 17.0. The zero-order chi connectivity index (χ0) is 12.3. The minimum Gasteiger partial charge on any atom is -0.494 e. The molecular weight excluding hydrogens is 220 g/mol. The van der Waals surface area contributed by atoms with Gasteiger partial charge in [-0.05, 0) is 7.05 Å². The van der Waals surface area contributed by atoms with Gasteiger partial charge < -0.3 is 14.5 Å². The molecule has 1 aromatic rings. The average Bonchev–Trinajstić information content (AvgIpc) is 2.39. The number of anilines is 2. The summed E-state index contributed by atoms with van der Waals surface area (Å²) < 4.78 is 5.19. The lowest BCUT2D eigenvalue weighted by Gasteiger charge is -2.33. The Morgan fingerprint density at radius 3 is 2.65 bits per heavy atom. The number of rotatable bonds is 3. The number of nitrogens with one attached hydrogen (secondary N) is 1. The number of piperazine rings is 1. The Bertz CT molecular complexity index is 378. The fourth-order valence-electron chi connectivity index (χ4n) is 1.89. The summed E-state index contributed by atoms with van der Waals surface area (Å²) in [6.07, 6.45) is 1.58. The lowest BCUT2D eigenvalue weighted by atomic mass is 10.3. The van der Waals surface area contributed by atoms with Gasteiger partial charge in [-0.25, -0.2) is 4.98 Å². The van der Waals surface area contributed by atoms with Gasteiger partial charge in [-0.1, -0.05) is 0 Å². The largest absolute Gasteiger partial charge is 0.494 e. The van der Waals surface area contributed by atoms with Crippen LogP contribution in [0.4, 0.5) is 11.5 Å². The third-order valence-corrected chi connectivity index (χ3v) is 3.02. The van der Waals surface area contributed by atoms with Gasteiger partial charge in [-0.2, -0.15) is 0 Å². The quantitative estimate of drug-likeness (QED) is 0.754. The molecule has 17 heavy (non-hydrogen) atoms. The number of hydrogen-bond donors (Lipinski definition) is 2. The molecule has 0 unspecified atom stereocenters. The molecule has 6 nitrogen and oxygen atoms in total. The summed E-state index contributed by atoms with van der Waals surface area (Å²) in [5.74, 6) is 1.48. The van der Waals surface area contributed by atoms with Crippen molar-refractivity contribution in [1.29, 1.82) is 0 Å². The fraction of sp³-hybridized carbons (Fsp3) is 0.545. The SMILES string of the molecule is COc1cc(N2CCN(C)CC2)ncc1NO. The Morgan fingerprint density at radius 1 is 1.35 bits per heavy atom. The molecule has 1 aliphatic heterocycles. The van der Waals surface area contributed by atoms with Crippen LogP contribution in [0, 0.1) is 0 Å². The summed E-state index contributed by atoms with van der Waals surface area (Å²) >= 11 is 0. The van der Waals surface area contributed by atoms with E-state index in [1.54, 1.807) is 13.3 Å². The highest BCUT2D eigenvalue weighted by molar-refractivity contribution is 5.59. The van der Waals surface area contributed by atoms with Crippen molar-refractivity contribution in [3.05, 3.63) is 12.3 Å². The van der Waals surface area contributed by atoms with E-state index in [4.69, 9.17) is 9.94 Å². The molecule has 1 aliphatic rings. The topological polar surface area (TPSA) is 60.9 Å². The van der Waals surface area contributed by atoms with Crippen LogP contribution in [0.15, 0.2) is 12.3 Å². The van der Waals surface area contributed by atoms with Crippen LogP contribution in [0.2, 0.25) is 0 Å². The third-order valence-electron chi connectivity index (χ3n) is 3.02. The summed E-state index contributed by atoms with van der Waals surface area (Å²) in [6.45, 7) is 3.98. The van der Waals surface area contributed by atoms with Crippen LogP contribution in [-0.2, 0) is 0 Å². The van der Waals surface area contributed by atoms with Crippen molar-refractivity contribution in [3.63, 3.8) is 0 Å². The van der Waals surface area contributed by atoms with Crippen LogP contribution in [0.3, 0.4) is 0 Å². The van der Waals surface area contributed by atoms with Gasteiger partial charge in [0.1, 0.15) is 17.3 Å². The molecule has 0 radical (unpaired) electrons. The zero-order valence-corrected chi connectivity index (χ0v) is 10.2. The molecule has 0 amide bonds. The van der Waals surface area contributed by atoms with Crippen LogP contribution < -0.4 is 15.1 Å². The van der Waals surface area contributed by atoms with Crippen LogP contribution in [0.25, 0.3) is 0 Å². The highest BCUT2D eigenvalue weighted by Gasteiger charge is 2.16. The van der Waals surface area contributed by atoms with Crippen molar-refractivity contribution in [1.82, 2.24) is 9.88 Å². The molecule has 2 N–H and O–H groups in total. The standard InChI is InChI=1S/C11H18N4O2/c1-14-3-5-15(6-4-14)11-7-10(17-2)9(13-16)8-12-11/h7-8,13,16H,3-6H2,1-2H3. The Labute approximate surface area is 101 Å². The van der Waals surface area contributed by atoms with Gasteiger partial charge in [0.2, 0.25) is 0 Å². The van der Waals surface area contributed by atoms with Crippen molar-refractivity contribution < 1.29 is 9.94 Å². The van der Waals surface area contributed by atoms with E-state index in [1.807, 2.05) is 6.07 Å². The molecule has 2 rings (SSSR count). The van der Waals surface area contributed by atoms with E-state index in [2.05, 4.69) is 27.3 Å². The molecule has 0 saturated carbocycles. The highest BCUT2D eigenvalue weighted by atomic mass is 16.5. The molecule has 0 aromatic carbocycles. The predicted octanol–water partition coefficient (Wildman–Crippen LogP) is 0.643. The van der Waals surface area contributed by atoms with E-state index in [0.29, 0.717) is 11.4 Å². The van der Waals surface area contributed by atoms with Gasteiger partial charge in [0.05, 0.1) is 13.3 Å². The van der Waals surface area contributed by atoms with Crippen LogP contribution in [0.1, 0.15) is 0 Å². The second-order valence-corrected chi connectivity index (χ2v) is 4.14. The number of nitrogens with zero attached hydrogens (tertiary/aromatic N) is 3. The minimum absolute atomic E-state index is 0.477. The van der Waals surface area contributed by atoms with Crippen molar-refractivity contribution >= 4 is 11.5 Å². The molecule has 1 saturated heterocycles. The van der Waals surface area contributed by atoms with E-state index in [9.17, 15) is 0 Å². The smallest absolute Gasteiger partial charge is 0.149 e. The van der Waals surface area contributed by atoms with Crippen LogP contribution in [0.5, 0.6) is 5.75 Å². The maximum atomic E-state index is 8.90. The summed E-state index contributed by atoms with van der Waals surface area (Å²) in [4.78, 5) is 8.81. The molecule has 0 spiro atoms. The number of hydrogen-bond acceptors (Lipinski definition) is 6. The molecule has 1 aromatic heterocycles. The maximum absolute atomic E-state index is 8.90. The van der Waals surface area contributed by atoms with Gasteiger partial charge in [0, 0.05) is 32.2 Å². The molecular formula is C11H18N4O2. The van der Waals surface area contributed by atoms with Gasteiger partial charge in [0.15, 0.2) is 0 Å². The van der Waals surface area contributed by atoms with E-state index in [0.717, 1.165) is 32.0 Å². The summed E-state index contributed by atoms with van der Waals surface area (Å²) in [7, 11) is 3.69. The third kappa shape index (κ3) is 2.59. The Hall–Kier alpha value is -1.53. The molecule has 94 valence electrons. The van der Waals surface area contributed by atoms with Crippen molar-refractivity contribution in [2.45, 2.75) is 0 Å². The number of pyridine rings is 1. The van der Waals surface area contributed by atoms with E-state index in [-0.39, 0.29) is 0 Å². The number of aromatic nitrogens is 1. The maximum Gasteiger partial charge on any atom is 0.149 e. The fourth-order valence-corrected chi connectivity index (χ4v) is 1.89. The average molecular weight is 238 g/mol. The minimum atomic E-state index is 0.477. The van der Waals surface area contributed by atoms with Crippen molar-refractivity contribution in [2.75, 3.05) is 50.7 Å². The second-order valence-electron chi connectivity index (χ2n) is 4.14. The van der Waals surface area contributed by atoms with Crippen molar-refractivity contribution in [3.8, 4) is 5.75 Å². The first-order valence-corrected chi connectivity index (χ1v) is 5.62. The number of methoxy groups -OCH3 is 1. The van der Waals surface area contributed by atoms with E-state index < -0.39 is 0 Å². The summed E-state index contributed by atoms with van der Waals surface area (Å²) in [6, 6.07) is 1.84. The predicted molar refractivity (Wildman–Crippen MR) is 65.9 cm³/mol. The zero-order valence-electron chi connectivity index (χ0n) is 10.2.